The molecule has 36 heavy (non-hydrogen) atoms. The monoisotopic (exact) mass is 530 g/mol. The number of hydrogen-bond acceptors (Lipinski definition) is 8. The number of hydrogen-bond donors (Lipinski definition) is 5. The van der Waals surface area contributed by atoms with Gasteiger partial charge < -0.3 is 35.4 Å². The summed E-state index contributed by atoms with van der Waals surface area (Å²) in [4.78, 5) is 13.6. The fourth-order valence-corrected chi connectivity index (χ4v) is 7.27. The van der Waals surface area contributed by atoms with Gasteiger partial charge in [0.1, 0.15) is 42.1 Å². The van der Waals surface area contributed by atoms with Crippen LogP contribution < -0.4 is 10.6 Å². The van der Waals surface area contributed by atoms with E-state index >= 15 is 0 Å². The minimum absolute atomic E-state index is 0.0945. The third kappa shape index (κ3) is 6.45. The van der Waals surface area contributed by atoms with Crippen molar-refractivity contribution in [1.82, 2.24) is 10.6 Å². The Labute approximate surface area is 217 Å². The Kier molecular flexibility index (Phi) is 9.74. The molecule has 0 spiro atoms. The Morgan fingerprint density at radius 2 is 2.00 bits per heavy atom. The molecule has 3 fully saturated rings. The van der Waals surface area contributed by atoms with Gasteiger partial charge in [0, 0.05) is 18.9 Å². The van der Waals surface area contributed by atoms with Crippen LogP contribution in [-0.2, 0) is 14.3 Å². The lowest BCUT2D eigenvalue weighted by Crippen LogP contribution is -2.65. The van der Waals surface area contributed by atoms with E-state index in [0.29, 0.717) is 25.0 Å². The van der Waals surface area contributed by atoms with Crippen molar-refractivity contribution in [2.45, 2.75) is 101 Å². The lowest BCUT2D eigenvalue weighted by atomic mass is 9.85. The summed E-state index contributed by atoms with van der Waals surface area (Å²) in [5.74, 6) is 1.01. The molecule has 10 heteroatoms. The van der Waals surface area contributed by atoms with E-state index in [2.05, 4.69) is 24.5 Å². The number of thioether (sulfide) groups is 1. The first-order valence-corrected chi connectivity index (χ1v) is 14.5. The maximum atomic E-state index is 14.3. The summed E-state index contributed by atoms with van der Waals surface area (Å²) in [7, 11) is 0. The van der Waals surface area contributed by atoms with Gasteiger partial charge in [-0.25, -0.2) is 4.39 Å². The average molecular weight is 531 g/mol. The number of aliphatic hydroxyl groups excluding tert-OH is 3. The first-order chi connectivity index (χ1) is 17.2. The zero-order chi connectivity index (χ0) is 26.0. The van der Waals surface area contributed by atoms with Crippen LogP contribution in [0.25, 0.3) is 0 Å². The van der Waals surface area contributed by atoms with Crippen molar-refractivity contribution in [2.75, 3.05) is 18.9 Å². The van der Waals surface area contributed by atoms with Crippen molar-refractivity contribution < 1.29 is 34.0 Å². The van der Waals surface area contributed by atoms with Crippen LogP contribution in [0.3, 0.4) is 0 Å². The highest BCUT2D eigenvalue weighted by molar-refractivity contribution is 7.99. The Hall–Kier alpha value is -0.750. The zero-order valence-electron chi connectivity index (χ0n) is 21.5. The maximum absolute atomic E-state index is 14.3. The molecule has 5 N–H and O–H groups in total. The summed E-state index contributed by atoms with van der Waals surface area (Å²) in [6.45, 7) is 7.67. The Balaban J connectivity index is 1.50. The molecule has 1 amide bonds. The molecule has 0 aromatic rings. The van der Waals surface area contributed by atoms with E-state index in [9.17, 15) is 24.5 Å². The van der Waals surface area contributed by atoms with Crippen molar-refractivity contribution in [2.24, 2.45) is 23.7 Å². The van der Waals surface area contributed by atoms with Crippen molar-refractivity contribution in [3.63, 3.8) is 0 Å². The SMILES string of the molecule is CC(C)CC1CCOC2C(CNC2C(=O)N[C@H]2[C@H]3O[C@H](SC[C@H](F)C/C=C\[C@H]2C)[C@H](O)[C@@H](O)[C@H]3O)C1. The summed E-state index contributed by atoms with van der Waals surface area (Å²) in [6, 6.07) is -1.22. The second kappa shape index (κ2) is 12.4. The molecule has 3 saturated heterocycles. The number of allylic oxidation sites excluding steroid dienone is 1. The van der Waals surface area contributed by atoms with Gasteiger partial charge >= 0.3 is 0 Å². The van der Waals surface area contributed by atoms with Crippen LogP contribution in [0.15, 0.2) is 12.2 Å². The molecule has 12 atom stereocenters. The predicted molar refractivity (Wildman–Crippen MR) is 136 cm³/mol. The number of amides is 1. The second-order valence-electron chi connectivity index (χ2n) is 11.4. The van der Waals surface area contributed by atoms with Crippen molar-refractivity contribution >= 4 is 17.7 Å². The predicted octanol–water partition coefficient (Wildman–Crippen LogP) is 1.38. The van der Waals surface area contributed by atoms with Gasteiger partial charge in [0.25, 0.3) is 0 Å². The number of fused-ring (bicyclic) bond motifs is 3. The van der Waals surface area contributed by atoms with Crippen molar-refractivity contribution in [3.05, 3.63) is 12.2 Å². The number of alkyl halides is 1. The van der Waals surface area contributed by atoms with Gasteiger partial charge in [-0.2, -0.15) is 0 Å². The third-order valence-corrected chi connectivity index (χ3v) is 9.33. The van der Waals surface area contributed by atoms with Crippen molar-refractivity contribution in [3.8, 4) is 0 Å². The molecule has 0 aromatic heterocycles. The molecule has 4 heterocycles. The van der Waals surface area contributed by atoms with E-state index in [-0.39, 0.29) is 36.0 Å². The van der Waals surface area contributed by atoms with Crippen LogP contribution >= 0.6 is 11.8 Å². The molecular weight excluding hydrogens is 487 g/mol. The smallest absolute Gasteiger partial charge is 0.240 e. The summed E-state index contributed by atoms with van der Waals surface area (Å²) in [5, 5.41) is 38.2. The third-order valence-electron chi connectivity index (χ3n) is 8.06. The molecule has 0 aromatic carbocycles. The molecule has 4 aliphatic heterocycles. The second-order valence-corrected chi connectivity index (χ2v) is 12.6. The van der Waals surface area contributed by atoms with Gasteiger partial charge in [-0.1, -0.05) is 32.9 Å². The Morgan fingerprint density at radius 3 is 2.75 bits per heavy atom. The number of aliphatic hydroxyl groups is 3. The minimum Gasteiger partial charge on any atom is -0.388 e. The summed E-state index contributed by atoms with van der Waals surface area (Å²) in [6.07, 6.45) is 0.396. The first kappa shape index (κ1) is 28.3. The molecule has 4 rings (SSSR count). The summed E-state index contributed by atoms with van der Waals surface area (Å²) in [5.41, 5.74) is -0.909. The van der Waals surface area contributed by atoms with E-state index in [1.165, 1.54) is 0 Å². The van der Waals surface area contributed by atoms with Crippen LogP contribution in [0.4, 0.5) is 4.39 Å². The molecular formula is C26H43FN2O6S. The average Bonchev–Trinajstić information content (AvgIpc) is 3.10. The number of nitrogens with one attached hydrogen (secondary N) is 2. The number of carbonyl (C=O) groups is 1. The molecule has 2 bridgehead atoms. The van der Waals surface area contributed by atoms with Gasteiger partial charge in [0.15, 0.2) is 0 Å². The molecule has 206 valence electrons. The normalized spacial score (nSPS) is 46.9. The molecule has 0 radical (unpaired) electrons. The maximum Gasteiger partial charge on any atom is 0.240 e. The topological polar surface area (TPSA) is 120 Å². The number of halogens is 1. The highest BCUT2D eigenvalue weighted by Gasteiger charge is 2.50. The molecule has 4 aliphatic rings. The molecule has 4 unspecified atom stereocenters. The van der Waals surface area contributed by atoms with Gasteiger partial charge in [-0.15, -0.1) is 11.8 Å². The summed E-state index contributed by atoms with van der Waals surface area (Å²) < 4.78 is 26.5. The largest absolute Gasteiger partial charge is 0.388 e. The molecule has 0 aliphatic carbocycles. The van der Waals surface area contributed by atoms with Gasteiger partial charge in [-0.3, -0.25) is 4.79 Å². The molecule has 0 saturated carbocycles. The van der Waals surface area contributed by atoms with Crippen LogP contribution in [0.5, 0.6) is 0 Å². The number of ether oxygens (including phenoxy) is 2. The Bertz CT molecular complexity index is 775. The number of rotatable bonds is 4. The highest BCUT2D eigenvalue weighted by atomic mass is 32.2. The van der Waals surface area contributed by atoms with E-state index in [1.807, 2.05) is 13.0 Å². The fourth-order valence-electron chi connectivity index (χ4n) is 6.17. The van der Waals surface area contributed by atoms with Gasteiger partial charge in [-0.05, 0) is 49.4 Å². The highest BCUT2D eigenvalue weighted by Crippen LogP contribution is 2.35. The quantitative estimate of drug-likeness (QED) is 0.346. The number of carbonyl (C=O) groups excluding carboxylic acids is 1. The van der Waals surface area contributed by atoms with Crippen LogP contribution in [0.1, 0.15) is 46.5 Å². The van der Waals surface area contributed by atoms with Gasteiger partial charge in [0.05, 0.1) is 12.1 Å². The molecule has 8 nitrogen and oxygen atoms in total. The minimum atomic E-state index is -1.47. The van der Waals surface area contributed by atoms with Crippen molar-refractivity contribution in [1.29, 1.82) is 0 Å². The fraction of sp³-hybridized carbons (Fsp3) is 0.885. The lowest BCUT2D eigenvalue weighted by molar-refractivity contribution is -0.207. The van der Waals surface area contributed by atoms with Crippen LogP contribution in [-0.4, -0.2) is 94.3 Å². The zero-order valence-corrected chi connectivity index (χ0v) is 22.3. The standard InChI is InChI=1S/C26H43FN2O6S/c1-13(2)9-15-7-8-34-23-16(10-15)11-28-19(23)25(33)29-18-14(3)5-4-6-17(27)12-36-26-22(32)20(30)21(31)24(18)35-26/h4-5,13-24,26,28,30-32H,6-12H2,1-3H3,(H,29,33)/b5-4-/t14-,15?,16?,17-,18-,19?,20+,21-,22-,23?,24-,26-/m1/s1. The first-order valence-electron chi connectivity index (χ1n) is 13.4. The summed E-state index contributed by atoms with van der Waals surface area (Å²) >= 11 is 1.08. The lowest BCUT2D eigenvalue weighted by Gasteiger charge is -2.44. The van der Waals surface area contributed by atoms with Gasteiger partial charge in [0.2, 0.25) is 5.91 Å². The van der Waals surface area contributed by atoms with Crippen LogP contribution in [0, 0.1) is 23.7 Å². The Morgan fingerprint density at radius 1 is 1.22 bits per heavy atom. The van der Waals surface area contributed by atoms with E-state index < -0.39 is 48.1 Å². The van der Waals surface area contributed by atoms with E-state index in [0.717, 1.165) is 31.0 Å². The van der Waals surface area contributed by atoms with E-state index in [4.69, 9.17) is 9.47 Å². The van der Waals surface area contributed by atoms with E-state index in [1.54, 1.807) is 6.08 Å². The van der Waals surface area contributed by atoms with Crippen LogP contribution in [0.2, 0.25) is 0 Å².